The molecule has 2 fully saturated rings. The summed E-state index contributed by atoms with van der Waals surface area (Å²) in [5, 5.41) is 0. The first-order valence-corrected chi connectivity index (χ1v) is 9.91. The second-order valence-electron chi connectivity index (χ2n) is 7.54. The maximum Gasteiger partial charge on any atom is 0.0121 e. The Labute approximate surface area is 139 Å². The molecule has 2 saturated heterocycles. The molecule has 0 bridgehead atoms. The van der Waals surface area contributed by atoms with Gasteiger partial charge in [-0.1, -0.05) is 39.5 Å². The molecular weight excluding hydrogens is 270 g/mol. The maximum atomic E-state index is 2.82. The Morgan fingerprint density at radius 3 is 1.86 bits per heavy atom. The quantitative estimate of drug-likeness (QED) is 0.680. The summed E-state index contributed by atoms with van der Waals surface area (Å²) in [6.45, 7) is 12.5. The van der Waals surface area contributed by atoms with Crippen LogP contribution in [0.4, 0.5) is 0 Å². The molecule has 0 amide bonds. The second kappa shape index (κ2) is 9.89. The maximum absolute atomic E-state index is 2.82. The molecule has 0 radical (unpaired) electrons. The Morgan fingerprint density at radius 1 is 0.818 bits per heavy atom. The van der Waals surface area contributed by atoms with E-state index in [0.29, 0.717) is 0 Å². The molecule has 2 rings (SSSR count). The van der Waals surface area contributed by atoms with Gasteiger partial charge < -0.3 is 4.90 Å². The minimum absolute atomic E-state index is 0.861. The Balaban J connectivity index is 1.76. The van der Waals surface area contributed by atoms with Crippen molar-refractivity contribution in [1.82, 2.24) is 14.7 Å². The highest BCUT2D eigenvalue weighted by Crippen LogP contribution is 2.21. The lowest BCUT2D eigenvalue weighted by atomic mass is 9.99. The second-order valence-corrected chi connectivity index (χ2v) is 7.54. The molecule has 2 aliphatic rings. The van der Waals surface area contributed by atoms with Gasteiger partial charge in [0.05, 0.1) is 0 Å². The predicted octanol–water partition coefficient (Wildman–Crippen LogP) is 3.45. The van der Waals surface area contributed by atoms with Crippen molar-refractivity contribution in [1.29, 1.82) is 0 Å². The van der Waals surface area contributed by atoms with Gasteiger partial charge in [-0.2, -0.15) is 0 Å². The summed E-state index contributed by atoms with van der Waals surface area (Å²) in [6, 6.07) is 1.72. The molecule has 2 heterocycles. The molecule has 3 nitrogen and oxygen atoms in total. The Bertz CT molecular complexity index is 270. The van der Waals surface area contributed by atoms with Crippen LogP contribution in [0.3, 0.4) is 0 Å². The molecule has 0 aromatic rings. The first kappa shape index (κ1) is 18.2. The van der Waals surface area contributed by atoms with Crippen LogP contribution in [-0.2, 0) is 0 Å². The first-order valence-electron chi connectivity index (χ1n) is 9.91. The number of nitrogens with zero attached hydrogens (tertiary/aromatic N) is 3. The summed E-state index contributed by atoms with van der Waals surface area (Å²) in [5.41, 5.74) is 0. The zero-order valence-electron chi connectivity index (χ0n) is 15.4. The molecule has 0 saturated carbocycles. The topological polar surface area (TPSA) is 9.72 Å². The molecule has 0 aromatic heterocycles. The van der Waals surface area contributed by atoms with E-state index in [-0.39, 0.29) is 0 Å². The summed E-state index contributed by atoms with van der Waals surface area (Å²) < 4.78 is 0. The summed E-state index contributed by atoms with van der Waals surface area (Å²) in [4.78, 5) is 8.09. The molecule has 3 heteroatoms. The molecular formula is C19H39N3. The Morgan fingerprint density at radius 2 is 1.36 bits per heavy atom. The van der Waals surface area contributed by atoms with Gasteiger partial charge in [-0.3, -0.25) is 9.80 Å². The standard InChI is InChI=1S/C19H39N3/c1-4-6-8-18(9-7-5-2)21-14-16-22(17-15-21)19-10-12-20(3)13-11-19/h18-19H,4-17H2,1-3H3. The number of hydrogen-bond donors (Lipinski definition) is 0. The van der Waals surface area contributed by atoms with Gasteiger partial charge in [-0.15, -0.1) is 0 Å². The fourth-order valence-corrected chi connectivity index (χ4v) is 4.22. The van der Waals surface area contributed by atoms with Gasteiger partial charge in [0.2, 0.25) is 0 Å². The lowest BCUT2D eigenvalue weighted by Crippen LogP contribution is -2.55. The monoisotopic (exact) mass is 309 g/mol. The van der Waals surface area contributed by atoms with Crippen LogP contribution in [0.2, 0.25) is 0 Å². The number of likely N-dealkylation sites (tertiary alicyclic amines) is 1. The lowest BCUT2D eigenvalue weighted by Gasteiger charge is -2.44. The van der Waals surface area contributed by atoms with Gasteiger partial charge in [-0.05, 0) is 45.8 Å². The minimum atomic E-state index is 0.861. The van der Waals surface area contributed by atoms with Crippen molar-refractivity contribution in [3.05, 3.63) is 0 Å². The molecule has 0 unspecified atom stereocenters. The molecule has 0 aliphatic carbocycles. The minimum Gasteiger partial charge on any atom is -0.306 e. The summed E-state index contributed by atoms with van der Waals surface area (Å²) in [5.74, 6) is 0. The van der Waals surface area contributed by atoms with Crippen LogP contribution in [0.15, 0.2) is 0 Å². The van der Waals surface area contributed by atoms with Crippen LogP contribution in [0.5, 0.6) is 0 Å². The molecule has 2 aliphatic heterocycles. The van der Waals surface area contributed by atoms with E-state index in [0.717, 1.165) is 12.1 Å². The third kappa shape index (κ3) is 5.50. The van der Waals surface area contributed by atoms with E-state index in [1.165, 1.54) is 90.6 Å². The van der Waals surface area contributed by atoms with E-state index >= 15 is 0 Å². The van der Waals surface area contributed by atoms with Crippen LogP contribution >= 0.6 is 0 Å². The number of unbranched alkanes of at least 4 members (excludes halogenated alkanes) is 2. The molecule has 130 valence electrons. The summed E-state index contributed by atoms with van der Waals surface area (Å²) in [6.07, 6.45) is 11.1. The van der Waals surface area contributed by atoms with Crippen molar-refractivity contribution >= 4 is 0 Å². The van der Waals surface area contributed by atoms with Crippen LogP contribution in [0.1, 0.15) is 65.2 Å². The highest BCUT2D eigenvalue weighted by molar-refractivity contribution is 4.85. The smallest absolute Gasteiger partial charge is 0.0121 e. The number of rotatable bonds is 8. The van der Waals surface area contributed by atoms with Gasteiger partial charge in [-0.25, -0.2) is 0 Å². The van der Waals surface area contributed by atoms with Crippen molar-refractivity contribution < 1.29 is 0 Å². The average Bonchev–Trinajstić information content (AvgIpc) is 2.56. The SMILES string of the molecule is CCCCC(CCCC)N1CCN(C2CCN(C)CC2)CC1. The van der Waals surface area contributed by atoms with Crippen LogP contribution < -0.4 is 0 Å². The largest absolute Gasteiger partial charge is 0.306 e. The highest BCUT2D eigenvalue weighted by atomic mass is 15.3. The highest BCUT2D eigenvalue weighted by Gasteiger charge is 2.28. The number of piperazine rings is 1. The van der Waals surface area contributed by atoms with Crippen LogP contribution in [0, 0.1) is 0 Å². The van der Waals surface area contributed by atoms with Crippen molar-refractivity contribution in [3.63, 3.8) is 0 Å². The third-order valence-electron chi connectivity index (χ3n) is 5.85. The number of piperidine rings is 1. The fourth-order valence-electron chi connectivity index (χ4n) is 4.22. The molecule has 0 aromatic carbocycles. The van der Waals surface area contributed by atoms with E-state index in [1.807, 2.05) is 0 Å². The van der Waals surface area contributed by atoms with Crippen LogP contribution in [0.25, 0.3) is 0 Å². The van der Waals surface area contributed by atoms with Crippen molar-refractivity contribution in [2.45, 2.75) is 77.3 Å². The van der Waals surface area contributed by atoms with E-state index in [9.17, 15) is 0 Å². The molecule has 0 N–H and O–H groups in total. The van der Waals surface area contributed by atoms with Gasteiger partial charge in [0.25, 0.3) is 0 Å². The van der Waals surface area contributed by atoms with Gasteiger partial charge >= 0.3 is 0 Å². The van der Waals surface area contributed by atoms with Crippen molar-refractivity contribution in [2.75, 3.05) is 46.3 Å². The zero-order valence-corrected chi connectivity index (χ0v) is 15.4. The van der Waals surface area contributed by atoms with Gasteiger partial charge in [0.15, 0.2) is 0 Å². The van der Waals surface area contributed by atoms with Crippen molar-refractivity contribution in [3.8, 4) is 0 Å². The van der Waals surface area contributed by atoms with Crippen LogP contribution in [-0.4, -0.2) is 73.1 Å². The fraction of sp³-hybridized carbons (Fsp3) is 1.00. The van der Waals surface area contributed by atoms with E-state index in [4.69, 9.17) is 0 Å². The summed E-state index contributed by atoms with van der Waals surface area (Å²) in [7, 11) is 2.26. The zero-order chi connectivity index (χ0) is 15.8. The molecule has 0 spiro atoms. The summed E-state index contributed by atoms with van der Waals surface area (Å²) >= 11 is 0. The van der Waals surface area contributed by atoms with E-state index < -0.39 is 0 Å². The number of hydrogen-bond acceptors (Lipinski definition) is 3. The van der Waals surface area contributed by atoms with Gasteiger partial charge in [0.1, 0.15) is 0 Å². The molecule has 0 atom stereocenters. The first-order chi connectivity index (χ1) is 10.7. The third-order valence-corrected chi connectivity index (χ3v) is 5.85. The van der Waals surface area contributed by atoms with E-state index in [2.05, 4.69) is 35.6 Å². The Hall–Kier alpha value is -0.120. The molecule has 22 heavy (non-hydrogen) atoms. The van der Waals surface area contributed by atoms with Crippen molar-refractivity contribution in [2.24, 2.45) is 0 Å². The Kier molecular flexibility index (Phi) is 8.19. The lowest BCUT2D eigenvalue weighted by molar-refractivity contribution is 0.0416. The normalized spacial score (nSPS) is 23.5. The average molecular weight is 310 g/mol. The predicted molar refractivity (Wildman–Crippen MR) is 96.5 cm³/mol. The van der Waals surface area contributed by atoms with E-state index in [1.54, 1.807) is 0 Å². The van der Waals surface area contributed by atoms with Gasteiger partial charge in [0, 0.05) is 38.3 Å².